The lowest BCUT2D eigenvalue weighted by molar-refractivity contribution is -0.123. The number of aryl methyl sites for hydroxylation is 1. The first-order valence-corrected chi connectivity index (χ1v) is 8.73. The number of nitrogens with one attached hydrogen (secondary N) is 2. The number of benzene rings is 2. The zero-order valence-corrected chi connectivity index (χ0v) is 15.1. The maximum Gasteiger partial charge on any atom is 0.330 e. The van der Waals surface area contributed by atoms with Crippen molar-refractivity contribution in [3.8, 4) is 11.4 Å². The van der Waals surface area contributed by atoms with Crippen LogP contribution in [0.3, 0.4) is 0 Å². The van der Waals surface area contributed by atoms with Crippen molar-refractivity contribution >= 4 is 23.2 Å². The van der Waals surface area contributed by atoms with Crippen LogP contribution in [0.2, 0.25) is 0 Å². The molecule has 0 radical (unpaired) electrons. The van der Waals surface area contributed by atoms with Gasteiger partial charge in [0, 0.05) is 11.9 Å². The van der Waals surface area contributed by atoms with E-state index in [1.807, 2.05) is 0 Å². The number of carbonyl (C=O) groups excluding carboxylic acids is 2. The van der Waals surface area contributed by atoms with Gasteiger partial charge in [0.25, 0.3) is 5.91 Å². The lowest BCUT2D eigenvalue weighted by Crippen LogP contribution is -2.43. The molecule has 1 aromatic heterocycles. The Morgan fingerprint density at radius 3 is 2.57 bits per heavy atom. The van der Waals surface area contributed by atoms with Gasteiger partial charge >= 0.3 is 5.69 Å². The van der Waals surface area contributed by atoms with E-state index in [0.717, 1.165) is 0 Å². The molecule has 0 aliphatic carbocycles. The van der Waals surface area contributed by atoms with Gasteiger partial charge in [-0.15, -0.1) is 0 Å². The van der Waals surface area contributed by atoms with Crippen molar-refractivity contribution in [1.29, 1.82) is 0 Å². The number of amides is 2. The molecule has 2 aromatic carbocycles. The number of aromatic nitrogens is 2. The first-order chi connectivity index (χ1) is 13.5. The molecule has 0 atom stereocenters. The molecule has 1 aliphatic heterocycles. The Kier molecular flexibility index (Phi) is 4.44. The van der Waals surface area contributed by atoms with Gasteiger partial charge in [0.1, 0.15) is 12.3 Å². The fraction of sp³-hybridized carbons (Fsp3) is 0.150. The molecule has 2 heterocycles. The molecule has 8 heteroatoms. The maximum absolute atomic E-state index is 12.7. The molecule has 0 spiro atoms. The van der Waals surface area contributed by atoms with Crippen LogP contribution in [0.5, 0.6) is 5.75 Å². The van der Waals surface area contributed by atoms with E-state index < -0.39 is 0 Å². The number of fused-ring (bicyclic) bond motifs is 1. The molecule has 2 amide bonds. The van der Waals surface area contributed by atoms with Crippen molar-refractivity contribution < 1.29 is 14.3 Å². The van der Waals surface area contributed by atoms with E-state index in [0.29, 0.717) is 28.5 Å². The van der Waals surface area contributed by atoms with Gasteiger partial charge in [-0.05, 0) is 31.2 Å². The number of carbonyl (C=O) groups is 2. The van der Waals surface area contributed by atoms with Crippen molar-refractivity contribution in [2.45, 2.75) is 6.92 Å². The van der Waals surface area contributed by atoms with Gasteiger partial charge in [0.05, 0.1) is 17.1 Å². The fourth-order valence-corrected chi connectivity index (χ4v) is 3.19. The minimum Gasteiger partial charge on any atom is -0.482 e. The van der Waals surface area contributed by atoms with Crippen LogP contribution in [0.15, 0.2) is 59.5 Å². The lowest BCUT2D eigenvalue weighted by Gasteiger charge is -2.28. The summed E-state index contributed by atoms with van der Waals surface area (Å²) in [5.41, 5.74) is 2.00. The van der Waals surface area contributed by atoms with Gasteiger partial charge in [-0.1, -0.05) is 24.3 Å². The van der Waals surface area contributed by atoms with Crippen molar-refractivity contribution in [2.24, 2.45) is 0 Å². The average Bonchev–Trinajstić information content (AvgIpc) is 3.03. The molecule has 0 fully saturated rings. The third-order valence-electron chi connectivity index (χ3n) is 4.49. The predicted octanol–water partition coefficient (Wildman–Crippen LogP) is 1.84. The molecule has 2 N–H and O–H groups in total. The number of imidazole rings is 1. The molecule has 1 aliphatic rings. The summed E-state index contributed by atoms with van der Waals surface area (Å²) < 4.78 is 6.87. The Morgan fingerprint density at radius 1 is 1.11 bits per heavy atom. The predicted molar refractivity (Wildman–Crippen MR) is 104 cm³/mol. The van der Waals surface area contributed by atoms with Gasteiger partial charge in [-0.2, -0.15) is 0 Å². The van der Waals surface area contributed by atoms with E-state index >= 15 is 0 Å². The Labute approximate surface area is 160 Å². The molecule has 4 rings (SSSR count). The Morgan fingerprint density at radius 2 is 1.82 bits per heavy atom. The number of aromatic amines is 1. The quantitative estimate of drug-likeness (QED) is 0.724. The molecular formula is C20H18N4O4. The zero-order valence-electron chi connectivity index (χ0n) is 15.1. The normalized spacial score (nSPS) is 13.0. The van der Waals surface area contributed by atoms with Crippen LogP contribution < -0.4 is 20.6 Å². The summed E-state index contributed by atoms with van der Waals surface area (Å²) in [5.74, 6) is -0.108. The highest BCUT2D eigenvalue weighted by atomic mass is 16.5. The molecule has 0 unspecified atom stereocenters. The van der Waals surface area contributed by atoms with Gasteiger partial charge < -0.3 is 15.0 Å². The van der Waals surface area contributed by atoms with E-state index in [2.05, 4.69) is 10.3 Å². The van der Waals surface area contributed by atoms with Crippen LogP contribution in [0.1, 0.15) is 5.69 Å². The summed E-state index contributed by atoms with van der Waals surface area (Å²) in [5, 5.41) is 2.80. The van der Waals surface area contributed by atoms with Crippen LogP contribution in [-0.4, -0.2) is 34.5 Å². The minimum absolute atomic E-state index is 0.112. The van der Waals surface area contributed by atoms with Gasteiger partial charge in [0.2, 0.25) is 5.91 Å². The third kappa shape index (κ3) is 3.16. The van der Waals surface area contributed by atoms with Crippen LogP contribution in [0, 0.1) is 6.92 Å². The second-order valence-corrected chi connectivity index (χ2v) is 6.37. The summed E-state index contributed by atoms with van der Waals surface area (Å²) in [4.78, 5) is 41.1. The molecule has 28 heavy (non-hydrogen) atoms. The summed E-state index contributed by atoms with van der Waals surface area (Å²) in [6.07, 6.45) is 1.60. The summed E-state index contributed by atoms with van der Waals surface area (Å²) in [7, 11) is 0. The average molecular weight is 378 g/mol. The van der Waals surface area contributed by atoms with Crippen molar-refractivity contribution in [3.63, 3.8) is 0 Å². The van der Waals surface area contributed by atoms with E-state index in [1.165, 1.54) is 9.47 Å². The van der Waals surface area contributed by atoms with Crippen LogP contribution in [0.25, 0.3) is 5.69 Å². The van der Waals surface area contributed by atoms with Gasteiger partial charge in [-0.3, -0.25) is 19.1 Å². The fourth-order valence-electron chi connectivity index (χ4n) is 3.19. The number of ether oxygens (including phenoxy) is 1. The van der Waals surface area contributed by atoms with Crippen LogP contribution in [0.4, 0.5) is 11.4 Å². The molecular weight excluding hydrogens is 360 g/mol. The minimum atomic E-state index is -0.376. The summed E-state index contributed by atoms with van der Waals surface area (Å²) >= 11 is 0. The number of anilines is 2. The molecule has 0 bridgehead atoms. The highest BCUT2D eigenvalue weighted by Crippen LogP contribution is 2.31. The zero-order chi connectivity index (χ0) is 19.7. The topological polar surface area (TPSA) is 96.4 Å². The second kappa shape index (κ2) is 7.07. The van der Waals surface area contributed by atoms with E-state index in [-0.39, 0.29) is 30.7 Å². The number of hydrogen-bond acceptors (Lipinski definition) is 4. The number of nitrogens with zero attached hydrogens (tertiary/aromatic N) is 2. The van der Waals surface area contributed by atoms with Gasteiger partial charge in [-0.25, -0.2) is 4.79 Å². The third-order valence-corrected chi connectivity index (χ3v) is 4.49. The van der Waals surface area contributed by atoms with Crippen LogP contribution >= 0.6 is 0 Å². The Balaban J connectivity index is 1.59. The largest absolute Gasteiger partial charge is 0.482 e. The van der Waals surface area contributed by atoms with Crippen molar-refractivity contribution in [1.82, 2.24) is 9.55 Å². The number of H-pyrrole nitrogens is 1. The number of para-hydroxylation sites is 4. The highest BCUT2D eigenvalue weighted by molar-refractivity contribution is 6.05. The van der Waals surface area contributed by atoms with Crippen molar-refractivity contribution in [2.75, 3.05) is 23.4 Å². The Hall–Kier alpha value is -3.81. The van der Waals surface area contributed by atoms with E-state index in [9.17, 15) is 14.4 Å². The standard InChI is InChI=1S/C20H18N4O4/c1-13-10-21-20(27)24(13)15-7-3-2-6-14(15)22-18(25)11-23-16-8-4-5-9-17(16)28-12-19(23)26/h2-10H,11-12H2,1H3,(H,21,27)(H,22,25). The second-order valence-electron chi connectivity index (χ2n) is 6.37. The lowest BCUT2D eigenvalue weighted by atomic mass is 10.2. The molecule has 3 aromatic rings. The van der Waals surface area contributed by atoms with Gasteiger partial charge in [0.15, 0.2) is 6.61 Å². The molecule has 8 nitrogen and oxygen atoms in total. The highest BCUT2D eigenvalue weighted by Gasteiger charge is 2.27. The van der Waals surface area contributed by atoms with E-state index in [4.69, 9.17) is 4.74 Å². The smallest absolute Gasteiger partial charge is 0.330 e. The first kappa shape index (κ1) is 17.6. The summed E-state index contributed by atoms with van der Waals surface area (Å²) in [6.45, 7) is 1.52. The summed E-state index contributed by atoms with van der Waals surface area (Å²) in [6, 6.07) is 14.1. The molecule has 0 saturated carbocycles. The SMILES string of the molecule is Cc1c[nH]c(=O)n1-c1ccccc1NC(=O)CN1C(=O)COc2ccccc21. The van der Waals surface area contributed by atoms with E-state index in [1.54, 1.807) is 61.7 Å². The number of rotatable bonds is 4. The molecule has 142 valence electrons. The maximum atomic E-state index is 12.7. The monoisotopic (exact) mass is 378 g/mol. The molecule has 0 saturated heterocycles. The van der Waals surface area contributed by atoms with Crippen LogP contribution in [-0.2, 0) is 9.59 Å². The number of hydrogen-bond donors (Lipinski definition) is 2. The first-order valence-electron chi connectivity index (χ1n) is 8.73. The van der Waals surface area contributed by atoms with Crippen molar-refractivity contribution in [3.05, 3.63) is 70.9 Å². The Bertz CT molecular complexity index is 1120.